The van der Waals surface area contributed by atoms with Crippen molar-refractivity contribution >= 4 is 21.8 Å². The van der Waals surface area contributed by atoms with Crippen molar-refractivity contribution in [2.45, 2.75) is 32.6 Å². The highest BCUT2D eigenvalue weighted by atomic mass is 32.2. The van der Waals surface area contributed by atoms with Gasteiger partial charge in [0, 0.05) is 32.2 Å². The van der Waals surface area contributed by atoms with Gasteiger partial charge in [-0.3, -0.25) is 4.79 Å². The summed E-state index contributed by atoms with van der Waals surface area (Å²) in [4.78, 5) is 12.5. The van der Waals surface area contributed by atoms with Gasteiger partial charge in [-0.25, -0.2) is 8.78 Å². The minimum atomic E-state index is -3.61. The summed E-state index contributed by atoms with van der Waals surface area (Å²) in [5.41, 5.74) is -0.231. The summed E-state index contributed by atoms with van der Waals surface area (Å²) >= 11 is 0. The first-order valence-electron chi connectivity index (χ1n) is 9.28. The third-order valence-corrected chi connectivity index (χ3v) is 7.34. The van der Waals surface area contributed by atoms with Gasteiger partial charge >= 0.3 is 0 Å². The molecule has 1 atom stereocenters. The van der Waals surface area contributed by atoms with E-state index in [0.29, 0.717) is 38.4 Å². The first-order valence-corrected chi connectivity index (χ1v) is 10.7. The maximum absolute atomic E-state index is 13.7. The zero-order valence-corrected chi connectivity index (χ0v) is 16.1. The molecule has 3 rings (SSSR count). The standard InChI is InChI=1S/C18H25F2N3O3S/c1-13-6-9-22(10-7-13)27(25,26)23-8-2-3-14(12-23)18(24)21-17-11-15(19)4-5-16(17)20/h4-5,11,13-14H,2-3,6-10,12H2,1H3,(H,21,24). The lowest BCUT2D eigenvalue weighted by molar-refractivity contribution is -0.120. The number of benzene rings is 1. The van der Waals surface area contributed by atoms with Gasteiger partial charge in [0.1, 0.15) is 11.6 Å². The first-order chi connectivity index (χ1) is 12.8. The van der Waals surface area contributed by atoms with Crippen LogP contribution in [-0.2, 0) is 15.0 Å². The molecule has 9 heteroatoms. The highest BCUT2D eigenvalue weighted by Crippen LogP contribution is 2.26. The lowest BCUT2D eigenvalue weighted by atomic mass is 9.98. The zero-order valence-electron chi connectivity index (χ0n) is 15.3. The number of piperidine rings is 2. The molecule has 2 saturated heterocycles. The highest BCUT2D eigenvalue weighted by molar-refractivity contribution is 7.86. The molecule has 0 saturated carbocycles. The molecule has 1 N–H and O–H groups in total. The van der Waals surface area contributed by atoms with E-state index in [-0.39, 0.29) is 12.2 Å². The van der Waals surface area contributed by atoms with Crippen molar-refractivity contribution in [3.05, 3.63) is 29.8 Å². The van der Waals surface area contributed by atoms with Crippen molar-refractivity contribution in [1.29, 1.82) is 0 Å². The Bertz CT molecular complexity index is 795. The maximum Gasteiger partial charge on any atom is 0.281 e. The number of anilines is 1. The quantitative estimate of drug-likeness (QED) is 0.843. The molecule has 6 nitrogen and oxygen atoms in total. The fraction of sp³-hybridized carbons (Fsp3) is 0.611. The molecule has 27 heavy (non-hydrogen) atoms. The molecule has 2 heterocycles. The number of carbonyl (C=O) groups excluding carboxylic acids is 1. The predicted molar refractivity (Wildman–Crippen MR) is 98.2 cm³/mol. The van der Waals surface area contributed by atoms with E-state index in [2.05, 4.69) is 12.2 Å². The Morgan fingerprint density at radius 2 is 1.81 bits per heavy atom. The van der Waals surface area contributed by atoms with E-state index >= 15 is 0 Å². The van der Waals surface area contributed by atoms with Crippen molar-refractivity contribution in [2.24, 2.45) is 11.8 Å². The van der Waals surface area contributed by atoms with Crippen LogP contribution in [0.1, 0.15) is 32.6 Å². The van der Waals surface area contributed by atoms with Crippen molar-refractivity contribution in [2.75, 3.05) is 31.5 Å². The van der Waals surface area contributed by atoms with E-state index in [0.717, 1.165) is 31.0 Å². The lowest BCUT2D eigenvalue weighted by Crippen LogP contribution is -2.51. The zero-order chi connectivity index (χ0) is 19.6. The minimum Gasteiger partial charge on any atom is -0.323 e. The topological polar surface area (TPSA) is 69.7 Å². The number of nitrogens with one attached hydrogen (secondary N) is 1. The minimum absolute atomic E-state index is 0.0527. The number of hydrogen-bond acceptors (Lipinski definition) is 3. The van der Waals surface area contributed by atoms with Gasteiger partial charge in [0.25, 0.3) is 10.2 Å². The molecule has 1 amide bonds. The second kappa shape index (κ2) is 8.20. The first kappa shape index (κ1) is 20.2. The SMILES string of the molecule is CC1CCN(S(=O)(=O)N2CCCC(C(=O)Nc3cc(F)ccc3F)C2)CC1. The number of rotatable bonds is 4. The van der Waals surface area contributed by atoms with E-state index < -0.39 is 33.7 Å². The number of amides is 1. The smallest absolute Gasteiger partial charge is 0.281 e. The van der Waals surface area contributed by atoms with Crippen molar-refractivity contribution in [3.8, 4) is 0 Å². The van der Waals surface area contributed by atoms with Crippen LogP contribution in [-0.4, -0.2) is 49.1 Å². The van der Waals surface area contributed by atoms with Crippen LogP contribution in [0.3, 0.4) is 0 Å². The Balaban J connectivity index is 1.66. The van der Waals surface area contributed by atoms with Crippen LogP contribution in [0.15, 0.2) is 18.2 Å². The van der Waals surface area contributed by atoms with E-state index in [1.807, 2.05) is 0 Å². The van der Waals surface area contributed by atoms with Crippen LogP contribution in [0, 0.1) is 23.5 Å². The summed E-state index contributed by atoms with van der Waals surface area (Å²) < 4.78 is 55.6. The highest BCUT2D eigenvalue weighted by Gasteiger charge is 2.37. The molecular weight excluding hydrogens is 376 g/mol. The van der Waals surface area contributed by atoms with Gasteiger partial charge in [0.2, 0.25) is 5.91 Å². The Kier molecular flexibility index (Phi) is 6.12. The van der Waals surface area contributed by atoms with Gasteiger partial charge in [-0.1, -0.05) is 6.92 Å². The lowest BCUT2D eigenvalue weighted by Gasteiger charge is -2.37. The third-order valence-electron chi connectivity index (χ3n) is 5.34. The molecule has 0 radical (unpaired) electrons. The molecule has 1 unspecified atom stereocenters. The molecule has 0 spiro atoms. The maximum atomic E-state index is 13.7. The van der Waals surface area contributed by atoms with Crippen molar-refractivity contribution < 1.29 is 22.0 Å². The van der Waals surface area contributed by atoms with Crippen molar-refractivity contribution in [3.63, 3.8) is 0 Å². The molecule has 2 fully saturated rings. The second-order valence-corrected chi connectivity index (χ2v) is 9.33. The van der Waals surface area contributed by atoms with Crippen LogP contribution >= 0.6 is 0 Å². The molecule has 2 aliphatic heterocycles. The van der Waals surface area contributed by atoms with E-state index in [1.165, 1.54) is 8.61 Å². The van der Waals surface area contributed by atoms with E-state index in [9.17, 15) is 22.0 Å². The number of carbonyl (C=O) groups is 1. The van der Waals surface area contributed by atoms with Crippen LogP contribution in [0.2, 0.25) is 0 Å². The fourth-order valence-electron chi connectivity index (χ4n) is 3.57. The number of halogens is 2. The normalized spacial score (nSPS) is 23.3. The van der Waals surface area contributed by atoms with E-state index in [1.54, 1.807) is 0 Å². The van der Waals surface area contributed by atoms with Crippen LogP contribution in [0.4, 0.5) is 14.5 Å². The van der Waals surface area contributed by atoms with Gasteiger partial charge in [-0.05, 0) is 43.7 Å². The van der Waals surface area contributed by atoms with Gasteiger partial charge in [0.15, 0.2) is 0 Å². The molecular formula is C18H25F2N3O3S. The monoisotopic (exact) mass is 401 g/mol. The Hall–Kier alpha value is -1.58. The third kappa shape index (κ3) is 4.64. The molecule has 0 aliphatic carbocycles. The largest absolute Gasteiger partial charge is 0.323 e. The van der Waals surface area contributed by atoms with E-state index in [4.69, 9.17) is 0 Å². The number of nitrogens with zero attached hydrogens (tertiary/aromatic N) is 2. The van der Waals surface area contributed by atoms with Crippen LogP contribution in [0.25, 0.3) is 0 Å². The summed E-state index contributed by atoms with van der Waals surface area (Å²) in [6.07, 6.45) is 2.71. The summed E-state index contributed by atoms with van der Waals surface area (Å²) in [5, 5.41) is 2.39. The molecule has 1 aromatic rings. The summed E-state index contributed by atoms with van der Waals surface area (Å²) in [6, 6.07) is 2.83. The summed E-state index contributed by atoms with van der Waals surface area (Å²) in [7, 11) is -3.61. The summed E-state index contributed by atoms with van der Waals surface area (Å²) in [5.74, 6) is -1.96. The van der Waals surface area contributed by atoms with Gasteiger partial charge in [-0.2, -0.15) is 17.0 Å². The molecule has 150 valence electrons. The van der Waals surface area contributed by atoms with Gasteiger partial charge < -0.3 is 5.32 Å². The van der Waals surface area contributed by atoms with Crippen molar-refractivity contribution in [1.82, 2.24) is 8.61 Å². The molecule has 2 aliphatic rings. The van der Waals surface area contributed by atoms with Crippen LogP contribution in [0.5, 0.6) is 0 Å². The summed E-state index contributed by atoms with van der Waals surface area (Å²) in [6.45, 7) is 3.51. The van der Waals surface area contributed by atoms with Gasteiger partial charge in [-0.15, -0.1) is 0 Å². The van der Waals surface area contributed by atoms with Crippen LogP contribution < -0.4 is 5.32 Å². The average molecular weight is 401 g/mol. The van der Waals surface area contributed by atoms with Gasteiger partial charge in [0.05, 0.1) is 11.6 Å². The molecule has 0 aromatic heterocycles. The predicted octanol–water partition coefficient (Wildman–Crippen LogP) is 2.59. The molecule has 0 bridgehead atoms. The number of hydrogen-bond donors (Lipinski definition) is 1. The fourth-order valence-corrected chi connectivity index (χ4v) is 5.30. The Morgan fingerprint density at radius 3 is 2.52 bits per heavy atom. The second-order valence-electron chi connectivity index (χ2n) is 7.40. The molecule has 1 aromatic carbocycles. The Morgan fingerprint density at radius 1 is 1.11 bits per heavy atom. The average Bonchev–Trinajstić information content (AvgIpc) is 2.65. The Labute approximate surface area is 158 Å².